The number of amides is 2. The Balaban J connectivity index is 2.39. The van der Waals surface area contributed by atoms with Crippen LogP contribution in [0.25, 0.3) is 0 Å². The minimum absolute atomic E-state index is 0.146. The van der Waals surface area contributed by atoms with E-state index >= 15 is 0 Å². The minimum Gasteiger partial charge on any atom is -0.480 e. The van der Waals surface area contributed by atoms with Crippen LogP contribution in [0.3, 0.4) is 0 Å². The topological polar surface area (TPSA) is 95.9 Å². The van der Waals surface area contributed by atoms with Gasteiger partial charge < -0.3 is 15.2 Å². The van der Waals surface area contributed by atoms with Crippen molar-refractivity contribution in [1.82, 2.24) is 10.2 Å². The van der Waals surface area contributed by atoms with E-state index in [1.54, 1.807) is 6.08 Å². The van der Waals surface area contributed by atoms with Gasteiger partial charge in [-0.15, -0.1) is 6.58 Å². The van der Waals surface area contributed by atoms with Crippen molar-refractivity contribution < 1.29 is 24.2 Å². The summed E-state index contributed by atoms with van der Waals surface area (Å²) in [6.07, 6.45) is 5.82. The summed E-state index contributed by atoms with van der Waals surface area (Å²) in [6, 6.07) is -1.83. The fourth-order valence-electron chi connectivity index (χ4n) is 3.69. The van der Waals surface area contributed by atoms with Crippen LogP contribution in [-0.2, 0) is 14.3 Å². The molecule has 0 spiro atoms. The lowest BCUT2D eigenvalue weighted by molar-refractivity contribution is -0.143. The van der Waals surface area contributed by atoms with Crippen molar-refractivity contribution in [1.29, 1.82) is 0 Å². The Hall–Kier alpha value is -2.31. The quantitative estimate of drug-likeness (QED) is 0.720. The summed E-state index contributed by atoms with van der Waals surface area (Å²) in [5.41, 5.74) is 0. The molecule has 0 saturated carbocycles. The molecule has 2 fully saturated rings. The van der Waals surface area contributed by atoms with Crippen LogP contribution in [0.2, 0.25) is 0 Å². The van der Waals surface area contributed by atoms with Gasteiger partial charge in [0, 0.05) is 12.8 Å². The Morgan fingerprint density at radius 2 is 2.21 bits per heavy atom. The first kappa shape index (κ1) is 18.0. The van der Waals surface area contributed by atoms with Crippen molar-refractivity contribution in [3.63, 3.8) is 0 Å². The summed E-state index contributed by atoms with van der Waals surface area (Å²) in [6.45, 7) is 6.92. The summed E-state index contributed by atoms with van der Waals surface area (Å²) >= 11 is 0. The van der Waals surface area contributed by atoms with E-state index in [2.05, 4.69) is 11.9 Å². The van der Waals surface area contributed by atoms with Crippen molar-refractivity contribution in [3.05, 3.63) is 24.8 Å². The highest BCUT2D eigenvalue weighted by atomic mass is 16.6. The zero-order valence-electron chi connectivity index (χ0n) is 14.0. The summed E-state index contributed by atoms with van der Waals surface area (Å²) in [7, 11) is 0. The van der Waals surface area contributed by atoms with Crippen LogP contribution in [0, 0.1) is 5.92 Å². The van der Waals surface area contributed by atoms with E-state index in [1.807, 2.05) is 19.1 Å². The molecule has 0 aromatic heterocycles. The van der Waals surface area contributed by atoms with Gasteiger partial charge in [-0.25, -0.2) is 9.59 Å². The van der Waals surface area contributed by atoms with Crippen LogP contribution in [0.4, 0.5) is 4.79 Å². The van der Waals surface area contributed by atoms with Crippen molar-refractivity contribution >= 4 is 18.0 Å². The second-order valence-corrected chi connectivity index (χ2v) is 6.19. The van der Waals surface area contributed by atoms with Gasteiger partial charge in [-0.05, 0) is 26.2 Å². The lowest BCUT2D eigenvalue weighted by Crippen LogP contribution is -2.64. The maximum absolute atomic E-state index is 12.4. The van der Waals surface area contributed by atoms with Gasteiger partial charge >= 0.3 is 12.1 Å². The predicted molar refractivity (Wildman–Crippen MR) is 87.3 cm³/mol. The monoisotopic (exact) mass is 336 g/mol. The zero-order chi connectivity index (χ0) is 17.9. The average molecular weight is 336 g/mol. The molecule has 2 aliphatic heterocycles. The highest BCUT2D eigenvalue weighted by molar-refractivity contribution is 5.82. The molecule has 0 aromatic rings. The Kier molecular flexibility index (Phi) is 5.64. The van der Waals surface area contributed by atoms with E-state index in [4.69, 9.17) is 4.74 Å². The standard InChI is InChI=1S/C17H24N2O5/c1-4-6-8-13-14(18-10(3)20)15-11(7-5-2)9-12(16(21)22)19(15)17(23)24-13/h4-5,7,11-15H,1,6,8-9H2,2-3H3,(H,18,20)(H,21,22)/b7-5-/t11-,12-,13+,14+,15-/m1/s1. The van der Waals surface area contributed by atoms with Gasteiger partial charge in [0.1, 0.15) is 12.1 Å². The summed E-state index contributed by atoms with van der Waals surface area (Å²) in [5.74, 6) is -1.44. The van der Waals surface area contributed by atoms with Crippen LogP contribution < -0.4 is 5.32 Å². The number of carbonyl (C=O) groups excluding carboxylic acids is 2. The van der Waals surface area contributed by atoms with Crippen LogP contribution in [-0.4, -0.2) is 52.2 Å². The van der Waals surface area contributed by atoms with Crippen molar-refractivity contribution in [2.75, 3.05) is 0 Å². The fourth-order valence-corrected chi connectivity index (χ4v) is 3.69. The first-order valence-corrected chi connectivity index (χ1v) is 8.13. The molecule has 132 valence electrons. The number of nitrogens with one attached hydrogen (secondary N) is 1. The number of rotatable bonds is 6. The second kappa shape index (κ2) is 7.51. The number of cyclic esters (lactones) is 1. The van der Waals surface area contributed by atoms with Crippen molar-refractivity contribution in [3.8, 4) is 0 Å². The molecule has 2 rings (SSSR count). The van der Waals surface area contributed by atoms with Crippen LogP contribution >= 0.6 is 0 Å². The van der Waals surface area contributed by atoms with Crippen LogP contribution in [0.5, 0.6) is 0 Å². The van der Waals surface area contributed by atoms with E-state index in [1.165, 1.54) is 11.8 Å². The summed E-state index contributed by atoms with van der Waals surface area (Å²) in [4.78, 5) is 36.9. The minimum atomic E-state index is -1.06. The Morgan fingerprint density at radius 3 is 2.75 bits per heavy atom. The third kappa shape index (κ3) is 3.44. The van der Waals surface area contributed by atoms with Gasteiger partial charge in [0.25, 0.3) is 0 Å². The number of hydrogen-bond acceptors (Lipinski definition) is 4. The molecule has 2 heterocycles. The Labute approximate surface area is 141 Å². The predicted octanol–water partition coefficient (Wildman–Crippen LogP) is 1.70. The molecule has 24 heavy (non-hydrogen) atoms. The molecule has 2 N–H and O–H groups in total. The number of nitrogens with zero attached hydrogens (tertiary/aromatic N) is 1. The van der Waals surface area contributed by atoms with Gasteiger partial charge in [0.15, 0.2) is 0 Å². The van der Waals surface area contributed by atoms with Crippen molar-refractivity contribution in [2.45, 2.75) is 57.3 Å². The number of ether oxygens (including phenoxy) is 1. The first-order chi connectivity index (χ1) is 11.4. The third-order valence-corrected chi connectivity index (χ3v) is 4.57. The smallest absolute Gasteiger partial charge is 0.411 e. The molecule has 0 aromatic carbocycles. The van der Waals surface area contributed by atoms with E-state index in [9.17, 15) is 19.5 Å². The van der Waals surface area contributed by atoms with Gasteiger partial charge in [0.05, 0.1) is 12.1 Å². The number of aliphatic carboxylic acids is 1. The molecule has 0 unspecified atom stereocenters. The molecule has 2 aliphatic rings. The number of allylic oxidation sites excluding steroid dienone is 2. The molecule has 0 bridgehead atoms. The van der Waals surface area contributed by atoms with E-state index in [0.717, 1.165) is 0 Å². The van der Waals surface area contributed by atoms with Gasteiger partial charge in [-0.3, -0.25) is 9.69 Å². The molecule has 0 radical (unpaired) electrons. The SMILES string of the molecule is C=CCC[C@@H]1OC(=O)N2[C@@H]([C@H]1NC(C)=O)[C@H](/C=C\C)C[C@@H]2C(=O)O. The normalized spacial score (nSPS) is 32.3. The van der Waals surface area contributed by atoms with Gasteiger partial charge in [0.2, 0.25) is 5.91 Å². The maximum Gasteiger partial charge on any atom is 0.411 e. The number of carbonyl (C=O) groups is 3. The molecule has 5 atom stereocenters. The molecule has 7 nitrogen and oxygen atoms in total. The lowest BCUT2D eigenvalue weighted by Gasteiger charge is -2.43. The molecule has 2 saturated heterocycles. The maximum atomic E-state index is 12.4. The molecular formula is C17H24N2O5. The number of carboxylic acids is 1. The van der Waals surface area contributed by atoms with Gasteiger partial charge in [-0.1, -0.05) is 18.2 Å². The Morgan fingerprint density at radius 1 is 1.50 bits per heavy atom. The highest BCUT2D eigenvalue weighted by Crippen LogP contribution is 2.39. The molecule has 0 aliphatic carbocycles. The average Bonchev–Trinajstić information content (AvgIpc) is 2.89. The van der Waals surface area contributed by atoms with E-state index in [0.29, 0.717) is 19.3 Å². The number of carboxylic acid groups (broad SMARTS) is 1. The molecule has 7 heteroatoms. The largest absolute Gasteiger partial charge is 0.480 e. The summed E-state index contributed by atoms with van der Waals surface area (Å²) in [5, 5.41) is 12.3. The van der Waals surface area contributed by atoms with Crippen LogP contribution in [0.1, 0.15) is 33.1 Å². The molecule has 2 amide bonds. The summed E-state index contributed by atoms with van der Waals surface area (Å²) < 4.78 is 5.46. The third-order valence-electron chi connectivity index (χ3n) is 4.57. The van der Waals surface area contributed by atoms with Crippen LogP contribution in [0.15, 0.2) is 24.8 Å². The molecular weight excluding hydrogens is 312 g/mol. The fraction of sp³-hybridized carbons (Fsp3) is 0.588. The highest BCUT2D eigenvalue weighted by Gasteiger charge is 2.55. The Bertz CT molecular complexity index is 559. The van der Waals surface area contributed by atoms with E-state index < -0.39 is 36.3 Å². The first-order valence-electron chi connectivity index (χ1n) is 8.13. The van der Waals surface area contributed by atoms with Crippen molar-refractivity contribution in [2.24, 2.45) is 5.92 Å². The zero-order valence-corrected chi connectivity index (χ0v) is 14.0. The van der Waals surface area contributed by atoms with Gasteiger partial charge in [-0.2, -0.15) is 0 Å². The number of fused-ring (bicyclic) bond motifs is 1. The second-order valence-electron chi connectivity index (χ2n) is 6.19. The van der Waals surface area contributed by atoms with E-state index in [-0.39, 0.29) is 11.8 Å². The number of hydrogen-bond donors (Lipinski definition) is 2. The lowest BCUT2D eigenvalue weighted by atomic mass is 9.87.